The lowest BCUT2D eigenvalue weighted by atomic mass is 10.2. The number of hydrogen-bond acceptors (Lipinski definition) is 4. The van der Waals surface area contributed by atoms with Crippen molar-refractivity contribution >= 4 is 11.9 Å². The largest absolute Gasteiger partial charge is 0.469 e. The van der Waals surface area contributed by atoms with Crippen LogP contribution in [0.2, 0.25) is 0 Å². The van der Waals surface area contributed by atoms with E-state index in [4.69, 9.17) is 0 Å². The molecule has 0 rings (SSSR count). The van der Waals surface area contributed by atoms with Gasteiger partial charge in [0.15, 0.2) is 0 Å². The Morgan fingerprint density at radius 1 is 1.31 bits per heavy atom. The fraction of sp³-hybridized carbons (Fsp3) is 0.818. The van der Waals surface area contributed by atoms with Crippen LogP contribution in [0.3, 0.4) is 0 Å². The minimum absolute atomic E-state index is 0.0337. The first-order valence-corrected chi connectivity index (χ1v) is 5.67. The molecule has 0 saturated carbocycles. The first-order valence-electron chi connectivity index (χ1n) is 5.67. The number of amides is 1. The van der Waals surface area contributed by atoms with Gasteiger partial charge in [-0.3, -0.25) is 9.59 Å². The van der Waals surface area contributed by atoms with Crippen molar-refractivity contribution < 1.29 is 14.3 Å². The number of ether oxygens (including phenoxy) is 1. The van der Waals surface area contributed by atoms with Gasteiger partial charge in [0.1, 0.15) is 0 Å². The lowest BCUT2D eigenvalue weighted by Crippen LogP contribution is -2.33. The minimum atomic E-state index is -0.240. The van der Waals surface area contributed by atoms with Crippen molar-refractivity contribution in [2.24, 2.45) is 0 Å². The van der Waals surface area contributed by atoms with Crippen molar-refractivity contribution in [3.63, 3.8) is 0 Å². The Morgan fingerprint density at radius 2 is 2.00 bits per heavy atom. The van der Waals surface area contributed by atoms with E-state index in [1.807, 2.05) is 13.8 Å². The molecule has 5 nitrogen and oxygen atoms in total. The van der Waals surface area contributed by atoms with E-state index < -0.39 is 0 Å². The van der Waals surface area contributed by atoms with E-state index in [0.717, 1.165) is 13.0 Å². The van der Waals surface area contributed by atoms with Gasteiger partial charge in [-0.05, 0) is 13.3 Å². The Balaban J connectivity index is 3.50. The van der Waals surface area contributed by atoms with Crippen LogP contribution in [0.25, 0.3) is 0 Å². The molecule has 0 aromatic heterocycles. The predicted molar refractivity (Wildman–Crippen MR) is 62.0 cm³/mol. The molecule has 0 bridgehead atoms. The molecule has 0 spiro atoms. The van der Waals surface area contributed by atoms with Crippen molar-refractivity contribution in [3.05, 3.63) is 0 Å². The van der Waals surface area contributed by atoms with Crippen LogP contribution in [0.15, 0.2) is 0 Å². The molecule has 0 saturated heterocycles. The molecule has 0 radical (unpaired) electrons. The minimum Gasteiger partial charge on any atom is -0.469 e. The monoisotopic (exact) mass is 230 g/mol. The Morgan fingerprint density at radius 3 is 2.56 bits per heavy atom. The smallest absolute Gasteiger partial charge is 0.307 e. The number of esters is 1. The van der Waals surface area contributed by atoms with Gasteiger partial charge in [-0.15, -0.1) is 0 Å². The summed E-state index contributed by atoms with van der Waals surface area (Å²) in [6.45, 7) is 5.20. The van der Waals surface area contributed by atoms with Gasteiger partial charge in [0, 0.05) is 25.6 Å². The summed E-state index contributed by atoms with van der Waals surface area (Å²) in [5, 5.41) is 5.88. The van der Waals surface area contributed by atoms with Gasteiger partial charge in [0.25, 0.3) is 0 Å². The molecule has 0 fully saturated rings. The summed E-state index contributed by atoms with van der Waals surface area (Å²) in [7, 11) is 1.37. The molecule has 16 heavy (non-hydrogen) atoms. The summed E-state index contributed by atoms with van der Waals surface area (Å²) in [6, 6.07) is 0.0337. The Bertz CT molecular complexity index is 219. The van der Waals surface area contributed by atoms with Crippen molar-refractivity contribution in [1.82, 2.24) is 10.6 Å². The fourth-order valence-corrected chi connectivity index (χ4v) is 1.19. The van der Waals surface area contributed by atoms with Crippen LogP contribution in [0, 0.1) is 0 Å². The quantitative estimate of drug-likeness (QED) is 0.594. The lowest BCUT2D eigenvalue weighted by molar-refractivity contribution is -0.141. The maximum absolute atomic E-state index is 11.2. The van der Waals surface area contributed by atoms with Crippen LogP contribution >= 0.6 is 0 Å². The average molecular weight is 230 g/mol. The van der Waals surface area contributed by atoms with E-state index >= 15 is 0 Å². The Hall–Kier alpha value is -1.10. The van der Waals surface area contributed by atoms with Gasteiger partial charge < -0.3 is 15.4 Å². The summed E-state index contributed by atoms with van der Waals surface area (Å²) in [6.07, 6.45) is 1.70. The van der Waals surface area contributed by atoms with Crippen LogP contribution in [0.1, 0.15) is 33.1 Å². The third kappa shape index (κ3) is 8.23. The average Bonchev–Trinajstić information content (AvgIpc) is 2.26. The second kappa shape index (κ2) is 9.15. The highest BCUT2D eigenvalue weighted by Crippen LogP contribution is 1.93. The first-order chi connectivity index (χ1) is 7.60. The zero-order valence-electron chi connectivity index (χ0n) is 10.3. The molecule has 1 unspecified atom stereocenters. The Labute approximate surface area is 96.9 Å². The standard InChI is InChI=1S/C11H22N2O3/c1-4-6-13-10(14)5-7-12-9(2)8-11(15)16-3/h9,12H,4-8H2,1-3H3,(H,13,14). The van der Waals surface area contributed by atoms with Gasteiger partial charge in [0.05, 0.1) is 13.5 Å². The molecule has 5 heteroatoms. The van der Waals surface area contributed by atoms with E-state index in [-0.39, 0.29) is 17.9 Å². The summed E-state index contributed by atoms with van der Waals surface area (Å²) >= 11 is 0. The highest BCUT2D eigenvalue weighted by Gasteiger charge is 2.08. The zero-order valence-corrected chi connectivity index (χ0v) is 10.3. The van der Waals surface area contributed by atoms with E-state index in [1.165, 1.54) is 7.11 Å². The van der Waals surface area contributed by atoms with E-state index in [0.29, 0.717) is 19.4 Å². The molecule has 0 aliphatic heterocycles. The highest BCUT2D eigenvalue weighted by atomic mass is 16.5. The van der Waals surface area contributed by atoms with Crippen molar-refractivity contribution in [3.8, 4) is 0 Å². The van der Waals surface area contributed by atoms with Crippen molar-refractivity contribution in [2.45, 2.75) is 39.2 Å². The molecule has 1 amide bonds. The number of nitrogens with one attached hydrogen (secondary N) is 2. The van der Waals surface area contributed by atoms with Crippen molar-refractivity contribution in [2.75, 3.05) is 20.2 Å². The molecule has 0 aromatic rings. The van der Waals surface area contributed by atoms with E-state index in [2.05, 4.69) is 15.4 Å². The first kappa shape index (κ1) is 14.9. The molecule has 2 N–H and O–H groups in total. The van der Waals surface area contributed by atoms with Gasteiger partial charge in [-0.25, -0.2) is 0 Å². The zero-order chi connectivity index (χ0) is 12.4. The lowest BCUT2D eigenvalue weighted by Gasteiger charge is -2.12. The highest BCUT2D eigenvalue weighted by molar-refractivity contribution is 5.76. The van der Waals surface area contributed by atoms with Gasteiger partial charge in [-0.1, -0.05) is 6.92 Å². The summed E-state index contributed by atoms with van der Waals surface area (Å²) in [5.74, 6) is -0.199. The third-order valence-electron chi connectivity index (χ3n) is 2.12. The molecular formula is C11H22N2O3. The molecule has 0 aromatic carbocycles. The summed E-state index contributed by atoms with van der Waals surface area (Å²) < 4.78 is 4.54. The number of methoxy groups -OCH3 is 1. The maximum atomic E-state index is 11.2. The van der Waals surface area contributed by atoms with Crippen LogP contribution in [-0.2, 0) is 14.3 Å². The maximum Gasteiger partial charge on any atom is 0.307 e. The SMILES string of the molecule is CCCNC(=O)CCNC(C)CC(=O)OC. The van der Waals surface area contributed by atoms with Crippen LogP contribution in [0.4, 0.5) is 0 Å². The van der Waals surface area contributed by atoms with Gasteiger partial charge in [-0.2, -0.15) is 0 Å². The fourth-order valence-electron chi connectivity index (χ4n) is 1.19. The second-order valence-corrected chi connectivity index (χ2v) is 3.74. The predicted octanol–water partition coefficient (Wildman–Crippen LogP) is 0.444. The number of rotatable bonds is 8. The number of carbonyl (C=O) groups excluding carboxylic acids is 2. The number of carbonyl (C=O) groups is 2. The van der Waals surface area contributed by atoms with E-state index in [9.17, 15) is 9.59 Å². The molecule has 0 aliphatic carbocycles. The molecular weight excluding hydrogens is 208 g/mol. The summed E-state index contributed by atoms with van der Waals surface area (Å²) in [5.41, 5.74) is 0. The molecule has 1 atom stereocenters. The second-order valence-electron chi connectivity index (χ2n) is 3.74. The Kier molecular flexibility index (Phi) is 8.52. The normalized spacial score (nSPS) is 11.9. The molecule has 94 valence electrons. The molecule has 0 aliphatic rings. The topological polar surface area (TPSA) is 67.4 Å². The third-order valence-corrected chi connectivity index (χ3v) is 2.12. The van der Waals surface area contributed by atoms with Crippen LogP contribution in [-0.4, -0.2) is 38.1 Å². The number of hydrogen-bond donors (Lipinski definition) is 2. The van der Waals surface area contributed by atoms with Crippen LogP contribution < -0.4 is 10.6 Å². The van der Waals surface area contributed by atoms with Crippen LogP contribution in [0.5, 0.6) is 0 Å². The van der Waals surface area contributed by atoms with E-state index in [1.54, 1.807) is 0 Å². The van der Waals surface area contributed by atoms with Gasteiger partial charge >= 0.3 is 5.97 Å². The summed E-state index contributed by atoms with van der Waals surface area (Å²) in [4.78, 5) is 22.1. The van der Waals surface area contributed by atoms with Crippen molar-refractivity contribution in [1.29, 1.82) is 0 Å². The van der Waals surface area contributed by atoms with Gasteiger partial charge in [0.2, 0.25) is 5.91 Å². The molecule has 0 heterocycles.